The van der Waals surface area contributed by atoms with E-state index in [4.69, 9.17) is 0 Å². The van der Waals surface area contributed by atoms with E-state index in [1.54, 1.807) is 30.3 Å². The summed E-state index contributed by atoms with van der Waals surface area (Å²) in [5, 5.41) is 2.02. The summed E-state index contributed by atoms with van der Waals surface area (Å²) >= 11 is 1.64. The number of carbonyl (C=O) groups excluding carboxylic acids is 2. The zero-order valence-electron chi connectivity index (χ0n) is 16.6. The minimum absolute atomic E-state index is 0.00385. The van der Waals surface area contributed by atoms with E-state index >= 15 is 0 Å². The lowest BCUT2D eigenvalue weighted by Gasteiger charge is -2.33. The van der Waals surface area contributed by atoms with Crippen LogP contribution in [-0.4, -0.2) is 53.3 Å². The summed E-state index contributed by atoms with van der Waals surface area (Å²) in [7, 11) is 3.44. The topological polar surface area (TPSA) is 43.9 Å². The molecule has 0 fully saturated rings. The Bertz CT molecular complexity index is 716. The van der Waals surface area contributed by atoms with Crippen molar-refractivity contribution in [1.82, 2.24) is 14.7 Å². The van der Waals surface area contributed by atoms with Crippen LogP contribution in [0.3, 0.4) is 0 Å². The van der Waals surface area contributed by atoms with Crippen molar-refractivity contribution >= 4 is 23.3 Å². The van der Waals surface area contributed by atoms with Crippen molar-refractivity contribution in [3.05, 3.63) is 58.3 Å². The van der Waals surface area contributed by atoms with Gasteiger partial charge in [0.25, 0.3) is 0 Å². The van der Waals surface area contributed by atoms with Gasteiger partial charge in [-0.15, -0.1) is 11.3 Å². The predicted octanol–water partition coefficient (Wildman–Crippen LogP) is 4.06. The maximum absolute atomic E-state index is 13.1. The van der Waals surface area contributed by atoms with Gasteiger partial charge in [0.05, 0.1) is 6.54 Å². The first kappa shape index (κ1) is 21.0. The Balaban J connectivity index is 2.18. The maximum Gasteiger partial charge on any atom is 0.320 e. The van der Waals surface area contributed by atoms with Gasteiger partial charge in [-0.3, -0.25) is 4.79 Å². The number of thiophene rings is 1. The van der Waals surface area contributed by atoms with Gasteiger partial charge in [-0.2, -0.15) is 0 Å². The van der Waals surface area contributed by atoms with Crippen LogP contribution in [0.15, 0.2) is 47.8 Å². The standard InChI is InChI=1S/C21H29N3O2S/c1-5-17(2)24(21(26)22(3)4)16-20(25)23(15-19-12-9-13-27-19)14-18-10-7-6-8-11-18/h6-13,17H,5,14-16H2,1-4H3/t17-/m1/s1. The molecule has 1 heterocycles. The average Bonchev–Trinajstić information content (AvgIpc) is 3.18. The van der Waals surface area contributed by atoms with Crippen molar-refractivity contribution < 1.29 is 9.59 Å². The van der Waals surface area contributed by atoms with Crippen LogP contribution in [-0.2, 0) is 17.9 Å². The first-order chi connectivity index (χ1) is 12.9. The summed E-state index contributed by atoms with van der Waals surface area (Å²) < 4.78 is 0. The number of amides is 3. The van der Waals surface area contributed by atoms with Crippen molar-refractivity contribution in [1.29, 1.82) is 0 Å². The van der Waals surface area contributed by atoms with E-state index in [1.165, 1.54) is 4.90 Å². The molecule has 27 heavy (non-hydrogen) atoms. The van der Waals surface area contributed by atoms with E-state index in [0.29, 0.717) is 13.1 Å². The number of rotatable bonds is 8. The van der Waals surface area contributed by atoms with Gasteiger partial charge in [0.2, 0.25) is 5.91 Å². The molecule has 3 amide bonds. The minimum Gasteiger partial charge on any atom is -0.332 e. The first-order valence-electron chi connectivity index (χ1n) is 9.24. The molecule has 0 spiro atoms. The lowest BCUT2D eigenvalue weighted by Crippen LogP contribution is -2.49. The molecule has 5 nitrogen and oxygen atoms in total. The van der Waals surface area contributed by atoms with E-state index in [2.05, 4.69) is 0 Å². The van der Waals surface area contributed by atoms with Crippen LogP contribution in [0.2, 0.25) is 0 Å². The zero-order valence-corrected chi connectivity index (χ0v) is 17.4. The van der Waals surface area contributed by atoms with Crippen LogP contribution < -0.4 is 0 Å². The minimum atomic E-state index is -0.131. The number of carbonyl (C=O) groups is 2. The zero-order chi connectivity index (χ0) is 19.8. The third-order valence-corrected chi connectivity index (χ3v) is 5.41. The van der Waals surface area contributed by atoms with Gasteiger partial charge >= 0.3 is 6.03 Å². The highest BCUT2D eigenvalue weighted by atomic mass is 32.1. The van der Waals surface area contributed by atoms with Gasteiger partial charge in [0.15, 0.2) is 0 Å². The molecule has 1 atom stereocenters. The Morgan fingerprint density at radius 3 is 2.30 bits per heavy atom. The normalized spacial score (nSPS) is 11.7. The molecule has 0 bridgehead atoms. The second-order valence-electron chi connectivity index (χ2n) is 6.88. The quantitative estimate of drug-likeness (QED) is 0.686. The smallest absolute Gasteiger partial charge is 0.320 e. The Morgan fingerprint density at radius 1 is 1.04 bits per heavy atom. The van der Waals surface area contributed by atoms with Crippen LogP contribution in [0.25, 0.3) is 0 Å². The summed E-state index contributed by atoms with van der Waals surface area (Å²) in [5.41, 5.74) is 1.08. The molecule has 0 unspecified atom stereocenters. The van der Waals surface area contributed by atoms with Gasteiger partial charge in [-0.1, -0.05) is 43.3 Å². The summed E-state index contributed by atoms with van der Waals surface area (Å²) in [6.07, 6.45) is 0.802. The Hall–Kier alpha value is -2.34. The number of urea groups is 1. The van der Waals surface area contributed by atoms with Gasteiger partial charge in [-0.05, 0) is 30.4 Å². The van der Waals surface area contributed by atoms with E-state index in [1.807, 2.05) is 66.6 Å². The highest BCUT2D eigenvalue weighted by Gasteiger charge is 2.26. The SMILES string of the molecule is CC[C@@H](C)N(CC(=O)N(Cc1ccccc1)Cc1cccs1)C(=O)N(C)C. The fraction of sp³-hybridized carbons (Fsp3) is 0.429. The molecule has 1 aromatic carbocycles. The monoisotopic (exact) mass is 387 g/mol. The second-order valence-corrected chi connectivity index (χ2v) is 7.91. The van der Waals surface area contributed by atoms with Gasteiger partial charge in [0, 0.05) is 31.6 Å². The lowest BCUT2D eigenvalue weighted by molar-refractivity contribution is -0.133. The van der Waals surface area contributed by atoms with E-state index in [0.717, 1.165) is 16.9 Å². The second kappa shape index (κ2) is 10.1. The molecular weight excluding hydrogens is 358 g/mol. The highest BCUT2D eigenvalue weighted by molar-refractivity contribution is 7.09. The molecular formula is C21H29N3O2S. The molecule has 0 aliphatic heterocycles. The van der Waals surface area contributed by atoms with Crippen molar-refractivity contribution in [2.24, 2.45) is 0 Å². The molecule has 0 aliphatic carbocycles. The molecule has 0 saturated carbocycles. The molecule has 0 N–H and O–H groups in total. The average molecular weight is 388 g/mol. The van der Waals surface area contributed by atoms with Gasteiger partial charge in [0.1, 0.15) is 6.54 Å². The molecule has 2 aromatic rings. The number of benzene rings is 1. The fourth-order valence-corrected chi connectivity index (χ4v) is 3.48. The number of nitrogens with zero attached hydrogens (tertiary/aromatic N) is 3. The summed E-state index contributed by atoms with van der Waals surface area (Å²) in [6, 6.07) is 13.9. The van der Waals surface area contributed by atoms with Crippen LogP contribution in [0, 0.1) is 0 Å². The van der Waals surface area contributed by atoms with Crippen LogP contribution >= 0.6 is 11.3 Å². The van der Waals surface area contributed by atoms with Crippen LogP contribution in [0.4, 0.5) is 4.79 Å². The van der Waals surface area contributed by atoms with E-state index in [-0.39, 0.29) is 24.5 Å². The highest BCUT2D eigenvalue weighted by Crippen LogP contribution is 2.16. The third kappa shape index (κ3) is 6.10. The summed E-state index contributed by atoms with van der Waals surface area (Å²) in [6.45, 7) is 5.18. The Labute approximate surface area is 166 Å². The Kier molecular flexibility index (Phi) is 7.85. The van der Waals surface area contributed by atoms with E-state index < -0.39 is 0 Å². The molecule has 0 radical (unpaired) electrons. The van der Waals surface area contributed by atoms with Crippen molar-refractivity contribution in [2.75, 3.05) is 20.6 Å². The largest absolute Gasteiger partial charge is 0.332 e. The van der Waals surface area contributed by atoms with Crippen molar-refractivity contribution in [3.63, 3.8) is 0 Å². The summed E-state index contributed by atoms with van der Waals surface area (Å²) in [5.74, 6) is -0.0391. The molecule has 0 saturated heterocycles. The first-order valence-corrected chi connectivity index (χ1v) is 10.1. The number of hydrogen-bond acceptors (Lipinski definition) is 3. The van der Waals surface area contributed by atoms with Crippen LogP contribution in [0.5, 0.6) is 0 Å². The molecule has 6 heteroatoms. The van der Waals surface area contributed by atoms with E-state index in [9.17, 15) is 9.59 Å². The molecule has 1 aromatic heterocycles. The van der Waals surface area contributed by atoms with Crippen LogP contribution in [0.1, 0.15) is 30.7 Å². The molecule has 2 rings (SSSR count). The fourth-order valence-electron chi connectivity index (χ4n) is 2.76. The third-order valence-electron chi connectivity index (χ3n) is 4.55. The molecule has 146 valence electrons. The molecule has 0 aliphatic rings. The number of hydrogen-bond donors (Lipinski definition) is 0. The van der Waals surface area contributed by atoms with Gasteiger partial charge < -0.3 is 14.7 Å². The van der Waals surface area contributed by atoms with Crippen molar-refractivity contribution in [3.8, 4) is 0 Å². The lowest BCUT2D eigenvalue weighted by atomic mass is 10.2. The van der Waals surface area contributed by atoms with Crippen molar-refractivity contribution in [2.45, 2.75) is 39.4 Å². The predicted molar refractivity (Wildman–Crippen MR) is 111 cm³/mol. The maximum atomic E-state index is 13.1. The summed E-state index contributed by atoms with van der Waals surface area (Å²) in [4.78, 5) is 31.9. The van der Waals surface area contributed by atoms with Gasteiger partial charge in [-0.25, -0.2) is 4.79 Å². The Morgan fingerprint density at radius 2 is 1.74 bits per heavy atom.